The normalized spacial score (nSPS) is 33.0. The van der Waals surface area contributed by atoms with Crippen LogP contribution in [0.25, 0.3) is 0 Å². The number of rotatable bonds is 3. The predicted molar refractivity (Wildman–Crippen MR) is 102 cm³/mol. The number of hydrogen-bond acceptors (Lipinski definition) is 3. The number of halogens is 1. The Balaban J connectivity index is 2.06. The van der Waals surface area contributed by atoms with Crippen molar-refractivity contribution in [2.24, 2.45) is 16.0 Å². The monoisotopic (exact) mass is 386 g/mol. The minimum Gasteiger partial charge on any atom is -0.347 e. The van der Waals surface area contributed by atoms with Crippen molar-refractivity contribution in [1.29, 1.82) is 0 Å². The van der Waals surface area contributed by atoms with E-state index in [9.17, 15) is 13.2 Å². The average Bonchev–Trinajstić information content (AvgIpc) is 2.48. The molecule has 0 radical (unpaired) electrons. The van der Waals surface area contributed by atoms with Crippen molar-refractivity contribution in [2.45, 2.75) is 57.2 Å². The smallest absolute Gasteiger partial charge is 0.251 e. The van der Waals surface area contributed by atoms with E-state index < -0.39 is 26.7 Å². The van der Waals surface area contributed by atoms with Gasteiger partial charge >= 0.3 is 0 Å². The van der Waals surface area contributed by atoms with E-state index in [2.05, 4.69) is 39.1 Å². The number of carbonyl (C=O) groups is 1. The van der Waals surface area contributed by atoms with E-state index in [1.807, 2.05) is 12.2 Å². The second kappa shape index (κ2) is 6.89. The Kier molecular flexibility index (Phi) is 5.57. The van der Waals surface area contributed by atoms with Gasteiger partial charge in [0.15, 0.2) is 0 Å². The lowest BCUT2D eigenvalue weighted by Crippen LogP contribution is -2.47. The van der Waals surface area contributed by atoms with E-state index in [-0.39, 0.29) is 23.2 Å². The molecule has 4 atom stereocenters. The number of carbonyl (C=O) groups excluding carboxylic acids is 1. The van der Waals surface area contributed by atoms with Crippen molar-refractivity contribution in [3.63, 3.8) is 0 Å². The van der Waals surface area contributed by atoms with Gasteiger partial charge in [-0.1, -0.05) is 58.1 Å². The minimum absolute atomic E-state index is 0.0158. The van der Waals surface area contributed by atoms with Crippen molar-refractivity contribution in [3.05, 3.63) is 36.0 Å². The summed E-state index contributed by atoms with van der Waals surface area (Å²) in [6.45, 7) is 8.70. The van der Waals surface area contributed by atoms with Gasteiger partial charge < -0.3 is 5.32 Å². The van der Waals surface area contributed by atoms with Crippen LogP contribution < -0.4 is 10.5 Å². The van der Waals surface area contributed by atoms with Crippen LogP contribution in [-0.4, -0.2) is 31.0 Å². The highest BCUT2D eigenvalue weighted by atomic mass is 35.5. The van der Waals surface area contributed by atoms with Crippen LogP contribution in [-0.2, 0) is 14.8 Å². The molecule has 2 aliphatic carbocycles. The maximum Gasteiger partial charge on any atom is 0.251 e. The van der Waals surface area contributed by atoms with Gasteiger partial charge in [-0.15, -0.1) is 11.6 Å². The zero-order valence-electron chi connectivity index (χ0n) is 15.1. The molecule has 0 aromatic carbocycles. The average molecular weight is 387 g/mol. The van der Waals surface area contributed by atoms with E-state index in [0.717, 1.165) is 6.42 Å². The fourth-order valence-corrected chi connectivity index (χ4v) is 3.95. The first-order valence-corrected chi connectivity index (χ1v) is 10.4. The fraction of sp³-hybridized carbons (Fsp3) is 0.611. The summed E-state index contributed by atoms with van der Waals surface area (Å²) in [7, 11) is -3.70. The largest absolute Gasteiger partial charge is 0.347 e. The molecule has 25 heavy (non-hydrogen) atoms. The van der Waals surface area contributed by atoms with Gasteiger partial charge in [0.1, 0.15) is 0 Å². The van der Waals surface area contributed by atoms with Gasteiger partial charge in [0, 0.05) is 5.57 Å². The summed E-state index contributed by atoms with van der Waals surface area (Å²) in [4.78, 5) is 12.5. The molecule has 0 fully saturated rings. The number of amides is 1. The topological polar surface area (TPSA) is 89.3 Å². The quantitative estimate of drug-likeness (QED) is 0.577. The van der Waals surface area contributed by atoms with Crippen molar-refractivity contribution in [2.75, 3.05) is 0 Å². The molecule has 140 valence electrons. The Morgan fingerprint density at radius 3 is 2.48 bits per heavy atom. The Morgan fingerprint density at radius 2 is 2.00 bits per heavy atom. The lowest BCUT2D eigenvalue weighted by molar-refractivity contribution is -0.117. The van der Waals surface area contributed by atoms with E-state index in [1.54, 1.807) is 6.08 Å². The standard InChI is InChI=1S/C18H27ClN2O3S/c1-17(2,3)18(4)9-7-12(8-10-18)16(22)21-15-11-13(25(20,23)24)5-6-14(15)19/h5-9,13-15H,10-11H2,1-4H3,(H,21,22)(H2,20,23,24). The van der Waals surface area contributed by atoms with Gasteiger partial charge in [-0.3, -0.25) is 4.79 Å². The van der Waals surface area contributed by atoms with Gasteiger partial charge in [-0.05, 0) is 23.7 Å². The lowest BCUT2D eigenvalue weighted by Gasteiger charge is -2.41. The number of alkyl halides is 1. The summed E-state index contributed by atoms with van der Waals surface area (Å²) >= 11 is 6.21. The SMILES string of the molecule is CC(C)(C)C1(C)C=CC(C(=O)NC2CC(S(N)(=O)=O)C=CC2Cl)=CC1. The molecular weight excluding hydrogens is 360 g/mol. The molecule has 0 bridgehead atoms. The van der Waals surface area contributed by atoms with Crippen LogP contribution in [0.5, 0.6) is 0 Å². The highest BCUT2D eigenvalue weighted by Gasteiger charge is 2.37. The summed E-state index contributed by atoms with van der Waals surface area (Å²) < 4.78 is 23.1. The van der Waals surface area contributed by atoms with Gasteiger partial charge in [0.05, 0.1) is 16.7 Å². The van der Waals surface area contributed by atoms with E-state index in [1.165, 1.54) is 6.08 Å². The van der Waals surface area contributed by atoms with Crippen LogP contribution in [0.4, 0.5) is 0 Å². The summed E-state index contributed by atoms with van der Waals surface area (Å²) in [6.07, 6.45) is 9.85. The first kappa shape index (κ1) is 20.2. The molecule has 0 aromatic heterocycles. The molecule has 0 saturated heterocycles. The first-order chi connectivity index (χ1) is 11.3. The van der Waals surface area contributed by atoms with Crippen LogP contribution in [0.15, 0.2) is 36.0 Å². The Hall–Kier alpha value is -1.11. The molecule has 4 unspecified atom stereocenters. The van der Waals surface area contributed by atoms with Crippen molar-refractivity contribution >= 4 is 27.5 Å². The summed E-state index contributed by atoms with van der Waals surface area (Å²) in [5.41, 5.74) is 0.644. The second-order valence-electron chi connectivity index (χ2n) is 8.14. The summed E-state index contributed by atoms with van der Waals surface area (Å²) in [6, 6.07) is -0.479. The predicted octanol–water partition coefficient (Wildman–Crippen LogP) is 2.63. The van der Waals surface area contributed by atoms with Crippen LogP contribution in [0.3, 0.4) is 0 Å². The maximum absolute atomic E-state index is 12.5. The van der Waals surface area contributed by atoms with E-state index in [4.69, 9.17) is 16.7 Å². The molecule has 2 aliphatic rings. The Bertz CT molecular complexity index is 734. The van der Waals surface area contributed by atoms with Crippen LogP contribution in [0, 0.1) is 10.8 Å². The molecule has 1 amide bonds. The van der Waals surface area contributed by atoms with E-state index in [0.29, 0.717) is 5.57 Å². The Morgan fingerprint density at radius 1 is 1.36 bits per heavy atom. The highest BCUT2D eigenvalue weighted by molar-refractivity contribution is 7.89. The van der Waals surface area contributed by atoms with Gasteiger partial charge in [-0.25, -0.2) is 13.6 Å². The molecule has 0 spiro atoms. The fourth-order valence-electron chi connectivity index (χ4n) is 2.91. The molecule has 0 heterocycles. The number of primary sulfonamides is 1. The molecule has 0 aliphatic heterocycles. The summed E-state index contributed by atoms with van der Waals surface area (Å²) in [5, 5.41) is 6.76. The molecule has 0 saturated carbocycles. The molecule has 7 heteroatoms. The van der Waals surface area contributed by atoms with Crippen molar-refractivity contribution < 1.29 is 13.2 Å². The number of allylic oxidation sites excluding steroid dienone is 2. The van der Waals surface area contributed by atoms with Gasteiger partial charge in [-0.2, -0.15) is 0 Å². The zero-order chi connectivity index (χ0) is 19.0. The zero-order valence-corrected chi connectivity index (χ0v) is 16.7. The summed E-state index contributed by atoms with van der Waals surface area (Å²) in [5.74, 6) is -0.244. The number of sulfonamides is 1. The number of nitrogens with two attached hydrogens (primary N) is 1. The van der Waals surface area contributed by atoms with Crippen molar-refractivity contribution in [1.82, 2.24) is 5.32 Å². The number of nitrogens with one attached hydrogen (secondary N) is 1. The minimum atomic E-state index is -3.70. The highest BCUT2D eigenvalue weighted by Crippen LogP contribution is 2.45. The third-order valence-electron chi connectivity index (χ3n) is 5.47. The Labute approximate surface area is 155 Å². The molecule has 5 nitrogen and oxygen atoms in total. The lowest BCUT2D eigenvalue weighted by atomic mass is 9.64. The first-order valence-electron chi connectivity index (χ1n) is 8.38. The van der Waals surface area contributed by atoms with Crippen molar-refractivity contribution in [3.8, 4) is 0 Å². The third-order valence-corrected chi connectivity index (χ3v) is 7.11. The molecule has 0 aromatic rings. The van der Waals surface area contributed by atoms with Crippen LogP contribution in [0.1, 0.15) is 40.5 Å². The molecule has 2 rings (SSSR count). The van der Waals surface area contributed by atoms with Gasteiger partial charge in [0.25, 0.3) is 5.91 Å². The molecule has 3 N–H and O–H groups in total. The van der Waals surface area contributed by atoms with E-state index >= 15 is 0 Å². The van der Waals surface area contributed by atoms with Crippen LogP contribution >= 0.6 is 11.6 Å². The van der Waals surface area contributed by atoms with Gasteiger partial charge in [0.2, 0.25) is 10.0 Å². The van der Waals surface area contributed by atoms with Crippen LogP contribution in [0.2, 0.25) is 0 Å². The number of hydrogen-bond donors (Lipinski definition) is 2. The second-order valence-corrected chi connectivity index (χ2v) is 10.4. The third kappa shape index (κ3) is 4.54. The molecular formula is C18H27ClN2O3S. The maximum atomic E-state index is 12.5.